The zero-order valence-electron chi connectivity index (χ0n) is 12.6. The van der Waals surface area contributed by atoms with Crippen LogP contribution in [-0.4, -0.2) is 18.8 Å². The topological polar surface area (TPSA) is 38.7 Å². The summed E-state index contributed by atoms with van der Waals surface area (Å²) in [4.78, 5) is 0. The van der Waals surface area contributed by atoms with Crippen LogP contribution in [0, 0.1) is 0 Å². The summed E-state index contributed by atoms with van der Waals surface area (Å²) in [5.41, 5.74) is 2.10. The molecule has 0 aliphatic carbocycles. The number of aliphatic hydroxyl groups is 1. The maximum Gasteiger partial charge on any atom is 0.128 e. The summed E-state index contributed by atoms with van der Waals surface area (Å²) in [5, 5.41) is 9.78. The first-order chi connectivity index (χ1) is 10.2. The number of benzene rings is 2. The van der Waals surface area contributed by atoms with E-state index in [4.69, 9.17) is 9.47 Å². The van der Waals surface area contributed by atoms with Crippen molar-refractivity contribution in [3.8, 4) is 11.5 Å². The Kier molecular flexibility index (Phi) is 5.64. The van der Waals surface area contributed by atoms with Gasteiger partial charge in [0.2, 0.25) is 0 Å². The minimum Gasteiger partial charge on any atom is -0.497 e. The van der Waals surface area contributed by atoms with Crippen LogP contribution in [0.1, 0.15) is 30.6 Å². The highest BCUT2D eigenvalue weighted by atomic mass is 16.5. The third-order valence-corrected chi connectivity index (χ3v) is 3.38. The third-order valence-electron chi connectivity index (χ3n) is 3.38. The Balaban J connectivity index is 1.92. The highest BCUT2D eigenvalue weighted by Gasteiger charge is 2.10. The fourth-order valence-corrected chi connectivity index (χ4v) is 2.21. The lowest BCUT2D eigenvalue weighted by Gasteiger charge is -2.14. The molecular formula is C18H22O3. The van der Waals surface area contributed by atoms with Gasteiger partial charge in [-0.05, 0) is 37.5 Å². The molecule has 2 aromatic rings. The summed E-state index contributed by atoms with van der Waals surface area (Å²) in [6, 6.07) is 15.8. The van der Waals surface area contributed by atoms with Crippen molar-refractivity contribution in [2.24, 2.45) is 0 Å². The van der Waals surface area contributed by atoms with Crippen LogP contribution in [0.3, 0.4) is 0 Å². The molecule has 0 saturated heterocycles. The lowest BCUT2D eigenvalue weighted by atomic mass is 10.1. The van der Waals surface area contributed by atoms with Crippen molar-refractivity contribution in [3.63, 3.8) is 0 Å². The quantitative estimate of drug-likeness (QED) is 0.788. The fraction of sp³-hybridized carbons (Fsp3) is 0.333. The van der Waals surface area contributed by atoms with Crippen LogP contribution >= 0.6 is 0 Å². The van der Waals surface area contributed by atoms with Gasteiger partial charge < -0.3 is 14.6 Å². The molecule has 0 aromatic heterocycles. The lowest BCUT2D eigenvalue weighted by Crippen LogP contribution is -2.04. The summed E-state index contributed by atoms with van der Waals surface area (Å²) in [6.45, 7) is 2.35. The molecule has 21 heavy (non-hydrogen) atoms. The molecule has 0 aliphatic rings. The van der Waals surface area contributed by atoms with Crippen molar-refractivity contribution < 1.29 is 14.6 Å². The molecule has 0 radical (unpaired) electrons. The lowest BCUT2D eigenvalue weighted by molar-refractivity contribution is 0.190. The van der Waals surface area contributed by atoms with E-state index >= 15 is 0 Å². The van der Waals surface area contributed by atoms with Crippen LogP contribution < -0.4 is 9.47 Å². The van der Waals surface area contributed by atoms with Crippen LogP contribution in [0.15, 0.2) is 48.5 Å². The van der Waals surface area contributed by atoms with Crippen LogP contribution in [0.5, 0.6) is 11.5 Å². The average Bonchev–Trinajstić information content (AvgIpc) is 2.52. The highest BCUT2D eigenvalue weighted by molar-refractivity contribution is 5.41. The molecule has 1 atom stereocenters. The first-order valence-corrected chi connectivity index (χ1v) is 7.23. The number of hydrogen-bond acceptors (Lipinski definition) is 3. The predicted octanol–water partition coefficient (Wildman–Crippen LogP) is 3.76. The molecule has 3 heteroatoms. The number of rotatable bonds is 7. The summed E-state index contributed by atoms with van der Waals surface area (Å²) < 4.78 is 11.0. The number of aliphatic hydroxyl groups excluding tert-OH is 1. The largest absolute Gasteiger partial charge is 0.497 e. The van der Waals surface area contributed by atoms with Gasteiger partial charge in [0.05, 0.1) is 19.8 Å². The summed E-state index contributed by atoms with van der Waals surface area (Å²) in [6.07, 6.45) is 1.36. The number of aryl methyl sites for hydroxylation is 1. The molecule has 2 aromatic carbocycles. The third kappa shape index (κ3) is 4.50. The van der Waals surface area contributed by atoms with Crippen LogP contribution in [0.25, 0.3) is 0 Å². The Hall–Kier alpha value is -2.00. The average molecular weight is 286 g/mol. The first-order valence-electron chi connectivity index (χ1n) is 7.23. The monoisotopic (exact) mass is 286 g/mol. The molecule has 0 aliphatic heterocycles. The Morgan fingerprint density at radius 1 is 1.10 bits per heavy atom. The van der Waals surface area contributed by atoms with Gasteiger partial charge in [0.15, 0.2) is 0 Å². The van der Waals surface area contributed by atoms with Crippen molar-refractivity contribution in [2.45, 2.75) is 25.9 Å². The second kappa shape index (κ2) is 7.70. The van der Waals surface area contributed by atoms with Crippen molar-refractivity contribution in [1.82, 2.24) is 0 Å². The molecule has 1 N–H and O–H groups in total. The van der Waals surface area contributed by atoms with E-state index in [9.17, 15) is 5.11 Å². The van der Waals surface area contributed by atoms with E-state index in [1.165, 1.54) is 5.56 Å². The number of hydrogen-bond donors (Lipinski definition) is 1. The first kappa shape index (κ1) is 15.4. The van der Waals surface area contributed by atoms with Crippen molar-refractivity contribution in [2.75, 3.05) is 13.7 Å². The summed E-state index contributed by atoms with van der Waals surface area (Å²) in [7, 11) is 1.62. The van der Waals surface area contributed by atoms with Crippen molar-refractivity contribution in [1.29, 1.82) is 0 Å². The molecular weight excluding hydrogens is 264 g/mol. The van der Waals surface area contributed by atoms with Gasteiger partial charge in [-0.2, -0.15) is 0 Å². The van der Waals surface area contributed by atoms with Gasteiger partial charge in [-0.15, -0.1) is 0 Å². The van der Waals surface area contributed by atoms with Crippen LogP contribution in [0.4, 0.5) is 0 Å². The fourth-order valence-electron chi connectivity index (χ4n) is 2.21. The predicted molar refractivity (Wildman–Crippen MR) is 83.9 cm³/mol. The summed E-state index contributed by atoms with van der Waals surface area (Å²) >= 11 is 0. The van der Waals surface area contributed by atoms with Gasteiger partial charge in [-0.3, -0.25) is 0 Å². The minimum atomic E-state index is -0.556. The Morgan fingerprint density at radius 3 is 2.52 bits per heavy atom. The Bertz CT molecular complexity index is 550. The van der Waals surface area contributed by atoms with E-state index in [1.807, 2.05) is 36.4 Å². The molecule has 0 unspecified atom stereocenters. The molecule has 112 valence electrons. The second-order valence-electron chi connectivity index (χ2n) is 5.02. The van der Waals surface area contributed by atoms with E-state index < -0.39 is 6.10 Å². The Morgan fingerprint density at radius 2 is 1.86 bits per heavy atom. The zero-order valence-corrected chi connectivity index (χ0v) is 12.6. The van der Waals surface area contributed by atoms with Crippen LogP contribution in [-0.2, 0) is 6.42 Å². The van der Waals surface area contributed by atoms with Gasteiger partial charge in [0.1, 0.15) is 11.5 Å². The van der Waals surface area contributed by atoms with Gasteiger partial charge in [-0.1, -0.05) is 30.3 Å². The number of methoxy groups -OCH3 is 1. The van der Waals surface area contributed by atoms with Crippen molar-refractivity contribution >= 4 is 0 Å². The van der Waals surface area contributed by atoms with Crippen molar-refractivity contribution in [3.05, 3.63) is 59.7 Å². The molecule has 0 heterocycles. The van der Waals surface area contributed by atoms with E-state index in [2.05, 4.69) is 12.1 Å². The van der Waals surface area contributed by atoms with Crippen LogP contribution in [0.2, 0.25) is 0 Å². The van der Waals surface area contributed by atoms with Gasteiger partial charge >= 0.3 is 0 Å². The van der Waals surface area contributed by atoms with E-state index in [0.717, 1.165) is 24.2 Å². The number of ether oxygens (including phenoxy) is 2. The minimum absolute atomic E-state index is 0.556. The highest BCUT2D eigenvalue weighted by Crippen LogP contribution is 2.29. The SMILES string of the molecule is COc1ccc([C@H](C)O)c(OCCCc2ccccc2)c1. The molecule has 0 amide bonds. The van der Waals surface area contributed by atoms with E-state index in [-0.39, 0.29) is 0 Å². The van der Waals surface area contributed by atoms with E-state index in [0.29, 0.717) is 12.4 Å². The Labute approximate surface area is 126 Å². The summed E-state index contributed by atoms with van der Waals surface area (Å²) in [5.74, 6) is 1.43. The zero-order chi connectivity index (χ0) is 15.1. The van der Waals surface area contributed by atoms with E-state index in [1.54, 1.807) is 14.0 Å². The molecule has 2 rings (SSSR count). The van der Waals surface area contributed by atoms with Gasteiger partial charge in [0.25, 0.3) is 0 Å². The molecule has 0 bridgehead atoms. The normalized spacial score (nSPS) is 12.0. The maximum absolute atomic E-state index is 9.78. The maximum atomic E-state index is 9.78. The molecule has 3 nitrogen and oxygen atoms in total. The molecule has 0 saturated carbocycles. The molecule has 0 fully saturated rings. The van der Waals surface area contributed by atoms with Gasteiger partial charge in [0, 0.05) is 11.6 Å². The standard InChI is InChI=1S/C18H22O3/c1-14(19)17-11-10-16(20-2)13-18(17)21-12-6-9-15-7-4-3-5-8-15/h3-5,7-8,10-11,13-14,19H,6,9,12H2,1-2H3/t14-/m0/s1. The smallest absolute Gasteiger partial charge is 0.128 e. The molecule has 0 spiro atoms. The second-order valence-corrected chi connectivity index (χ2v) is 5.02. The van der Waals surface area contributed by atoms with Gasteiger partial charge in [-0.25, -0.2) is 0 Å².